The Kier molecular flexibility index (Phi) is 6.96. The van der Waals surface area contributed by atoms with Crippen LogP contribution in [-0.4, -0.2) is 21.3 Å². The summed E-state index contributed by atoms with van der Waals surface area (Å²) in [5.41, 5.74) is 0.969. The van der Waals surface area contributed by atoms with Gasteiger partial charge in [0, 0.05) is 5.56 Å². The minimum atomic E-state index is -1.11. The lowest BCUT2D eigenvalue weighted by Gasteiger charge is -2.38. The van der Waals surface area contributed by atoms with Crippen LogP contribution < -0.4 is 0 Å². The molecule has 146 valence electrons. The van der Waals surface area contributed by atoms with Gasteiger partial charge in [0.2, 0.25) is 0 Å². The number of aryl methyl sites for hydroxylation is 1. The molecule has 4 nitrogen and oxygen atoms in total. The van der Waals surface area contributed by atoms with Crippen LogP contribution in [0.2, 0.25) is 0 Å². The summed E-state index contributed by atoms with van der Waals surface area (Å²) in [5, 5.41) is 31.3. The molecule has 0 bridgehead atoms. The lowest BCUT2D eigenvalue weighted by molar-refractivity contribution is 0.0691. The molecular formula is C22H34O4. The maximum absolute atomic E-state index is 11.9. The molecule has 26 heavy (non-hydrogen) atoms. The van der Waals surface area contributed by atoms with Crippen LogP contribution in [0.1, 0.15) is 93.6 Å². The van der Waals surface area contributed by atoms with Gasteiger partial charge in [-0.3, -0.25) is 0 Å². The van der Waals surface area contributed by atoms with Gasteiger partial charge in [-0.15, -0.1) is 0 Å². The molecule has 1 aromatic rings. The fraction of sp³-hybridized carbons (Fsp3) is 0.682. The van der Waals surface area contributed by atoms with Gasteiger partial charge >= 0.3 is 5.97 Å². The molecule has 3 atom stereocenters. The molecule has 0 aliphatic heterocycles. The zero-order valence-corrected chi connectivity index (χ0v) is 16.6. The normalized spacial score (nSPS) is 23.3. The van der Waals surface area contributed by atoms with Crippen molar-refractivity contribution >= 4 is 5.97 Å². The van der Waals surface area contributed by atoms with Crippen LogP contribution in [0.3, 0.4) is 0 Å². The molecule has 1 aliphatic carbocycles. The van der Waals surface area contributed by atoms with E-state index in [0.29, 0.717) is 35.3 Å². The highest BCUT2D eigenvalue weighted by atomic mass is 16.4. The van der Waals surface area contributed by atoms with Crippen LogP contribution in [0.25, 0.3) is 0 Å². The van der Waals surface area contributed by atoms with Gasteiger partial charge in [-0.05, 0) is 61.0 Å². The van der Waals surface area contributed by atoms with E-state index in [4.69, 9.17) is 0 Å². The van der Waals surface area contributed by atoms with Crippen molar-refractivity contribution in [3.8, 4) is 11.5 Å². The molecule has 0 heterocycles. The quantitative estimate of drug-likeness (QED) is 0.543. The van der Waals surface area contributed by atoms with Crippen molar-refractivity contribution in [3.63, 3.8) is 0 Å². The van der Waals surface area contributed by atoms with Gasteiger partial charge in [0.05, 0.1) is 0 Å². The highest BCUT2D eigenvalue weighted by Crippen LogP contribution is 2.50. The van der Waals surface area contributed by atoms with E-state index in [1.165, 1.54) is 0 Å². The highest BCUT2D eigenvalue weighted by Gasteiger charge is 2.36. The van der Waals surface area contributed by atoms with E-state index in [0.717, 1.165) is 38.5 Å². The molecule has 0 saturated heterocycles. The van der Waals surface area contributed by atoms with E-state index in [1.54, 1.807) is 6.07 Å². The predicted molar refractivity (Wildman–Crippen MR) is 104 cm³/mol. The second-order valence-electron chi connectivity index (χ2n) is 8.39. The smallest absolute Gasteiger partial charge is 0.339 e. The van der Waals surface area contributed by atoms with Gasteiger partial charge in [-0.25, -0.2) is 4.79 Å². The highest BCUT2D eigenvalue weighted by molar-refractivity contribution is 5.93. The molecule has 3 N–H and O–H groups in total. The van der Waals surface area contributed by atoms with E-state index >= 15 is 0 Å². The summed E-state index contributed by atoms with van der Waals surface area (Å²) in [6.45, 7) is 8.61. The molecule has 4 heteroatoms. The van der Waals surface area contributed by atoms with Crippen LogP contribution in [-0.2, 0) is 6.42 Å². The molecule has 1 aromatic carbocycles. The Labute approximate surface area is 157 Å². The molecular weight excluding hydrogens is 328 g/mol. The second-order valence-corrected chi connectivity index (χ2v) is 8.39. The monoisotopic (exact) mass is 362 g/mol. The Balaban J connectivity index is 2.50. The van der Waals surface area contributed by atoms with Crippen LogP contribution in [0.4, 0.5) is 0 Å². The Morgan fingerprint density at radius 2 is 1.92 bits per heavy atom. The van der Waals surface area contributed by atoms with Gasteiger partial charge < -0.3 is 15.3 Å². The van der Waals surface area contributed by atoms with E-state index < -0.39 is 5.97 Å². The zero-order valence-electron chi connectivity index (χ0n) is 16.6. The summed E-state index contributed by atoms with van der Waals surface area (Å²) < 4.78 is 0. The van der Waals surface area contributed by atoms with Crippen molar-refractivity contribution < 1.29 is 20.1 Å². The third-order valence-corrected chi connectivity index (χ3v) is 6.06. The van der Waals surface area contributed by atoms with Gasteiger partial charge in [-0.1, -0.05) is 47.0 Å². The lowest BCUT2D eigenvalue weighted by Crippen LogP contribution is -2.26. The van der Waals surface area contributed by atoms with Crippen molar-refractivity contribution in [1.29, 1.82) is 0 Å². The first-order valence-electron chi connectivity index (χ1n) is 10.1. The van der Waals surface area contributed by atoms with Crippen molar-refractivity contribution in [1.82, 2.24) is 0 Å². The average Bonchev–Trinajstić information content (AvgIpc) is 2.54. The van der Waals surface area contributed by atoms with E-state index in [1.807, 2.05) is 0 Å². The number of phenols is 2. The fourth-order valence-corrected chi connectivity index (χ4v) is 4.62. The van der Waals surface area contributed by atoms with Crippen molar-refractivity contribution in [3.05, 3.63) is 22.8 Å². The molecule has 1 aliphatic rings. The number of benzene rings is 1. The molecule has 0 radical (unpaired) electrons. The molecule has 1 saturated carbocycles. The first-order valence-corrected chi connectivity index (χ1v) is 10.1. The van der Waals surface area contributed by atoms with Gasteiger partial charge in [0.25, 0.3) is 0 Å². The maximum Gasteiger partial charge on any atom is 0.339 e. The number of phenolic OH excluding ortho intramolecular Hbond substituents is 1. The Bertz CT molecular complexity index is 636. The number of carboxylic acids is 1. The summed E-state index contributed by atoms with van der Waals surface area (Å²) in [4.78, 5) is 11.9. The first-order chi connectivity index (χ1) is 12.3. The molecule has 0 aromatic heterocycles. The van der Waals surface area contributed by atoms with Crippen molar-refractivity contribution in [2.45, 2.75) is 78.6 Å². The number of rotatable bonds is 7. The summed E-state index contributed by atoms with van der Waals surface area (Å²) >= 11 is 0. The van der Waals surface area contributed by atoms with Gasteiger partial charge in [0.15, 0.2) is 0 Å². The summed E-state index contributed by atoms with van der Waals surface area (Å²) in [7, 11) is 0. The number of hydrogen-bond donors (Lipinski definition) is 3. The van der Waals surface area contributed by atoms with Crippen molar-refractivity contribution in [2.24, 2.45) is 17.8 Å². The summed E-state index contributed by atoms with van der Waals surface area (Å²) in [6, 6.07) is 1.59. The zero-order chi connectivity index (χ0) is 19.4. The number of aromatic carboxylic acids is 1. The third kappa shape index (κ3) is 4.33. The number of unbranched alkanes of at least 4 members (excludes halogenated alkanes) is 2. The molecule has 1 unspecified atom stereocenters. The van der Waals surface area contributed by atoms with E-state index in [2.05, 4.69) is 27.7 Å². The number of aromatic hydroxyl groups is 2. The average molecular weight is 363 g/mol. The van der Waals surface area contributed by atoms with Crippen LogP contribution >= 0.6 is 0 Å². The molecule has 0 spiro atoms. The van der Waals surface area contributed by atoms with Gasteiger partial charge in [0.1, 0.15) is 17.1 Å². The van der Waals surface area contributed by atoms with Crippen LogP contribution in [0.5, 0.6) is 11.5 Å². The van der Waals surface area contributed by atoms with E-state index in [9.17, 15) is 20.1 Å². The summed E-state index contributed by atoms with van der Waals surface area (Å²) in [6.07, 6.45) is 6.50. The van der Waals surface area contributed by atoms with Crippen LogP contribution in [0, 0.1) is 17.8 Å². The Morgan fingerprint density at radius 3 is 2.50 bits per heavy atom. The Hall–Kier alpha value is -1.71. The SMILES string of the molecule is CCCCCc1cc(O)c([C@@H]2CC(C)CC[C@H]2C(C)C)c(O)c1C(=O)O. The Morgan fingerprint density at radius 1 is 1.23 bits per heavy atom. The third-order valence-electron chi connectivity index (χ3n) is 6.06. The fourth-order valence-electron chi connectivity index (χ4n) is 4.62. The molecule has 1 fully saturated rings. The number of carboxylic acid groups (broad SMARTS) is 1. The number of hydrogen-bond acceptors (Lipinski definition) is 3. The standard InChI is InChI=1S/C22H34O4/c1-5-6-7-8-15-12-18(23)20(21(24)19(15)22(25)26)17-11-14(4)9-10-16(17)13(2)3/h12-14,16-17,23-24H,5-11H2,1-4H3,(H,25,26)/t14?,16-,17+/m0/s1. The number of carbonyl (C=O) groups is 1. The molecule has 0 amide bonds. The first kappa shape index (κ1) is 20.6. The van der Waals surface area contributed by atoms with E-state index in [-0.39, 0.29) is 23.0 Å². The topological polar surface area (TPSA) is 77.8 Å². The second kappa shape index (κ2) is 8.79. The molecule has 2 rings (SSSR count). The summed E-state index contributed by atoms with van der Waals surface area (Å²) in [5.74, 6) is 0.00458. The maximum atomic E-state index is 11.9. The largest absolute Gasteiger partial charge is 0.508 e. The minimum Gasteiger partial charge on any atom is -0.508 e. The van der Waals surface area contributed by atoms with Crippen LogP contribution in [0.15, 0.2) is 6.07 Å². The lowest BCUT2D eigenvalue weighted by atomic mass is 9.67. The van der Waals surface area contributed by atoms with Gasteiger partial charge in [-0.2, -0.15) is 0 Å². The minimum absolute atomic E-state index is 0.00143. The van der Waals surface area contributed by atoms with Crippen molar-refractivity contribution in [2.75, 3.05) is 0 Å². The predicted octanol–water partition coefficient (Wildman–Crippen LogP) is 5.70.